The van der Waals surface area contributed by atoms with E-state index in [0.29, 0.717) is 5.56 Å². The summed E-state index contributed by atoms with van der Waals surface area (Å²) in [5.74, 6) is -1.10. The van der Waals surface area contributed by atoms with Crippen molar-refractivity contribution >= 4 is 0 Å². The fourth-order valence-electron chi connectivity index (χ4n) is 2.02. The third-order valence-electron chi connectivity index (χ3n) is 2.76. The molecule has 0 saturated heterocycles. The third-order valence-corrected chi connectivity index (χ3v) is 2.76. The SMILES string of the molecule is CCNC(c1ccccc1)c1cc(F)cc(F)c1. The van der Waals surface area contributed by atoms with E-state index in [1.165, 1.54) is 12.1 Å². The Bertz CT molecular complexity index is 491. The molecular formula is C15H15F2N. The summed E-state index contributed by atoms with van der Waals surface area (Å²) in [6.07, 6.45) is 0. The largest absolute Gasteiger partial charge is 0.307 e. The van der Waals surface area contributed by atoms with Crippen molar-refractivity contribution in [2.45, 2.75) is 13.0 Å². The highest BCUT2D eigenvalue weighted by molar-refractivity contribution is 5.32. The average Bonchev–Trinajstić information content (AvgIpc) is 2.36. The summed E-state index contributed by atoms with van der Waals surface area (Å²) < 4.78 is 26.6. The Hall–Kier alpha value is -1.74. The van der Waals surface area contributed by atoms with E-state index in [1.54, 1.807) is 0 Å². The van der Waals surface area contributed by atoms with Crippen molar-refractivity contribution in [2.75, 3.05) is 6.54 Å². The van der Waals surface area contributed by atoms with Crippen LogP contribution in [0.5, 0.6) is 0 Å². The first kappa shape index (κ1) is 12.7. The van der Waals surface area contributed by atoms with Crippen molar-refractivity contribution < 1.29 is 8.78 Å². The minimum atomic E-state index is -0.552. The number of benzene rings is 2. The van der Waals surface area contributed by atoms with Gasteiger partial charge in [-0.2, -0.15) is 0 Å². The molecule has 1 unspecified atom stereocenters. The smallest absolute Gasteiger partial charge is 0.126 e. The molecule has 0 saturated carbocycles. The van der Waals surface area contributed by atoms with Crippen LogP contribution >= 0.6 is 0 Å². The van der Waals surface area contributed by atoms with Crippen LogP contribution < -0.4 is 5.32 Å². The molecule has 0 aliphatic carbocycles. The zero-order chi connectivity index (χ0) is 13.0. The van der Waals surface area contributed by atoms with Crippen LogP contribution in [0.3, 0.4) is 0 Å². The normalized spacial score (nSPS) is 12.4. The minimum Gasteiger partial charge on any atom is -0.307 e. The van der Waals surface area contributed by atoms with E-state index in [-0.39, 0.29) is 6.04 Å². The van der Waals surface area contributed by atoms with Crippen molar-refractivity contribution in [3.05, 3.63) is 71.3 Å². The average molecular weight is 247 g/mol. The van der Waals surface area contributed by atoms with Gasteiger partial charge < -0.3 is 5.32 Å². The summed E-state index contributed by atoms with van der Waals surface area (Å²) in [5, 5.41) is 3.24. The molecule has 0 aromatic heterocycles. The van der Waals surface area contributed by atoms with Crippen molar-refractivity contribution in [3.63, 3.8) is 0 Å². The molecule has 0 amide bonds. The fourth-order valence-corrected chi connectivity index (χ4v) is 2.02. The topological polar surface area (TPSA) is 12.0 Å². The Morgan fingerprint density at radius 1 is 0.944 bits per heavy atom. The molecule has 2 aromatic rings. The lowest BCUT2D eigenvalue weighted by Crippen LogP contribution is -2.22. The summed E-state index contributed by atoms with van der Waals surface area (Å²) in [5.41, 5.74) is 1.59. The molecule has 0 fully saturated rings. The first-order valence-corrected chi connectivity index (χ1v) is 5.95. The molecule has 0 heterocycles. The maximum Gasteiger partial charge on any atom is 0.126 e. The van der Waals surface area contributed by atoms with E-state index in [9.17, 15) is 8.78 Å². The summed E-state index contributed by atoms with van der Waals surface area (Å²) in [4.78, 5) is 0. The minimum absolute atomic E-state index is 0.193. The van der Waals surface area contributed by atoms with E-state index in [1.807, 2.05) is 37.3 Å². The molecule has 0 spiro atoms. The highest BCUT2D eigenvalue weighted by Crippen LogP contribution is 2.23. The van der Waals surface area contributed by atoms with Gasteiger partial charge in [-0.1, -0.05) is 37.3 Å². The Kier molecular flexibility index (Phi) is 4.05. The van der Waals surface area contributed by atoms with Crippen LogP contribution in [0.15, 0.2) is 48.5 Å². The molecule has 94 valence electrons. The van der Waals surface area contributed by atoms with Crippen LogP contribution in [0.1, 0.15) is 24.1 Å². The molecule has 1 N–H and O–H groups in total. The van der Waals surface area contributed by atoms with Crippen molar-refractivity contribution in [3.8, 4) is 0 Å². The number of halogens is 2. The van der Waals surface area contributed by atoms with Gasteiger partial charge in [-0.05, 0) is 29.8 Å². The zero-order valence-electron chi connectivity index (χ0n) is 10.2. The van der Waals surface area contributed by atoms with E-state index >= 15 is 0 Å². The Morgan fingerprint density at radius 3 is 2.11 bits per heavy atom. The van der Waals surface area contributed by atoms with Gasteiger partial charge in [-0.25, -0.2) is 8.78 Å². The second-order valence-electron chi connectivity index (χ2n) is 4.10. The van der Waals surface area contributed by atoms with Crippen LogP contribution in [0.2, 0.25) is 0 Å². The molecular weight excluding hydrogens is 232 g/mol. The van der Waals surface area contributed by atoms with Crippen LogP contribution in [0, 0.1) is 11.6 Å². The molecule has 3 heteroatoms. The molecule has 0 radical (unpaired) electrons. The van der Waals surface area contributed by atoms with Crippen molar-refractivity contribution in [1.29, 1.82) is 0 Å². The number of rotatable bonds is 4. The van der Waals surface area contributed by atoms with Gasteiger partial charge in [-0.3, -0.25) is 0 Å². The summed E-state index contributed by atoms with van der Waals surface area (Å²) in [6, 6.07) is 13.0. The number of hydrogen-bond donors (Lipinski definition) is 1. The lowest BCUT2D eigenvalue weighted by Gasteiger charge is -2.19. The van der Waals surface area contributed by atoms with Crippen LogP contribution in [0.25, 0.3) is 0 Å². The fraction of sp³-hybridized carbons (Fsp3) is 0.200. The molecule has 1 atom stereocenters. The standard InChI is InChI=1S/C15H15F2N/c1-2-18-15(11-6-4-3-5-7-11)12-8-13(16)10-14(17)9-12/h3-10,15,18H,2H2,1H3. The van der Waals surface area contributed by atoms with Gasteiger partial charge in [0.15, 0.2) is 0 Å². The second-order valence-corrected chi connectivity index (χ2v) is 4.10. The Morgan fingerprint density at radius 2 is 1.56 bits per heavy atom. The van der Waals surface area contributed by atoms with Gasteiger partial charge in [0.1, 0.15) is 11.6 Å². The first-order valence-electron chi connectivity index (χ1n) is 5.95. The van der Waals surface area contributed by atoms with Gasteiger partial charge in [-0.15, -0.1) is 0 Å². The van der Waals surface area contributed by atoms with E-state index in [4.69, 9.17) is 0 Å². The predicted octanol–water partition coefficient (Wildman–Crippen LogP) is 3.66. The Labute approximate surface area is 105 Å². The number of hydrogen-bond acceptors (Lipinski definition) is 1. The Balaban J connectivity index is 2.41. The molecule has 0 aliphatic rings. The predicted molar refractivity (Wildman–Crippen MR) is 68.3 cm³/mol. The first-order chi connectivity index (χ1) is 8.70. The van der Waals surface area contributed by atoms with Crippen LogP contribution in [-0.2, 0) is 0 Å². The summed E-state index contributed by atoms with van der Waals surface area (Å²) in [7, 11) is 0. The lowest BCUT2D eigenvalue weighted by atomic mass is 9.98. The molecule has 0 bridgehead atoms. The van der Waals surface area contributed by atoms with Gasteiger partial charge in [0.2, 0.25) is 0 Å². The van der Waals surface area contributed by atoms with Gasteiger partial charge in [0, 0.05) is 6.07 Å². The zero-order valence-corrected chi connectivity index (χ0v) is 10.2. The highest BCUT2D eigenvalue weighted by atomic mass is 19.1. The monoisotopic (exact) mass is 247 g/mol. The van der Waals surface area contributed by atoms with E-state index in [2.05, 4.69) is 5.32 Å². The summed E-state index contributed by atoms with van der Waals surface area (Å²) >= 11 is 0. The van der Waals surface area contributed by atoms with Crippen molar-refractivity contribution in [2.24, 2.45) is 0 Å². The molecule has 1 nitrogen and oxygen atoms in total. The van der Waals surface area contributed by atoms with Gasteiger partial charge in [0.25, 0.3) is 0 Å². The molecule has 2 rings (SSSR count). The van der Waals surface area contributed by atoms with Crippen molar-refractivity contribution in [1.82, 2.24) is 5.32 Å². The molecule has 2 aromatic carbocycles. The van der Waals surface area contributed by atoms with Gasteiger partial charge >= 0.3 is 0 Å². The number of nitrogens with one attached hydrogen (secondary N) is 1. The van der Waals surface area contributed by atoms with E-state index < -0.39 is 11.6 Å². The quantitative estimate of drug-likeness (QED) is 0.869. The molecule has 18 heavy (non-hydrogen) atoms. The maximum absolute atomic E-state index is 13.3. The van der Waals surface area contributed by atoms with Crippen LogP contribution in [0.4, 0.5) is 8.78 Å². The summed E-state index contributed by atoms with van der Waals surface area (Å²) in [6.45, 7) is 2.68. The maximum atomic E-state index is 13.3. The highest BCUT2D eigenvalue weighted by Gasteiger charge is 2.14. The molecule has 0 aliphatic heterocycles. The van der Waals surface area contributed by atoms with Gasteiger partial charge in [0.05, 0.1) is 6.04 Å². The van der Waals surface area contributed by atoms with E-state index in [0.717, 1.165) is 18.2 Å². The van der Waals surface area contributed by atoms with Crippen LogP contribution in [-0.4, -0.2) is 6.54 Å². The second kappa shape index (κ2) is 5.74. The lowest BCUT2D eigenvalue weighted by molar-refractivity contribution is 0.565. The third kappa shape index (κ3) is 2.93.